The predicted molar refractivity (Wildman–Crippen MR) is 83.7 cm³/mol. The predicted octanol–water partition coefficient (Wildman–Crippen LogP) is 1.47. The second-order valence-electron chi connectivity index (χ2n) is 6.98. The molecule has 1 spiro atoms. The van der Waals surface area contributed by atoms with Gasteiger partial charge in [-0.15, -0.1) is 12.4 Å². The molecule has 0 radical (unpaired) electrons. The molecule has 2 amide bonds. The van der Waals surface area contributed by atoms with Gasteiger partial charge in [-0.1, -0.05) is 0 Å². The van der Waals surface area contributed by atoms with Crippen molar-refractivity contribution >= 4 is 24.2 Å². The quantitative estimate of drug-likeness (QED) is 0.688. The third-order valence-electron chi connectivity index (χ3n) is 5.54. The Morgan fingerprint density at radius 3 is 2.33 bits per heavy atom. The molecule has 3 aliphatic rings. The van der Waals surface area contributed by atoms with Crippen molar-refractivity contribution in [3.63, 3.8) is 0 Å². The minimum absolute atomic E-state index is 0. The van der Waals surface area contributed by atoms with Gasteiger partial charge < -0.3 is 15.5 Å². The summed E-state index contributed by atoms with van der Waals surface area (Å²) in [5.41, 5.74) is 0.257. The van der Waals surface area contributed by atoms with Crippen LogP contribution in [0.25, 0.3) is 0 Å². The lowest BCUT2D eigenvalue weighted by Gasteiger charge is -2.40. The van der Waals surface area contributed by atoms with Crippen LogP contribution in [0.5, 0.6) is 0 Å². The number of nitrogens with one attached hydrogen (secondary N) is 2. The third kappa shape index (κ3) is 3.79. The van der Waals surface area contributed by atoms with E-state index in [0.29, 0.717) is 13.1 Å². The summed E-state index contributed by atoms with van der Waals surface area (Å²) in [6.45, 7) is 3.14. The molecule has 9 heteroatoms. The van der Waals surface area contributed by atoms with Gasteiger partial charge in [0, 0.05) is 19.6 Å². The fourth-order valence-electron chi connectivity index (χ4n) is 3.93. The third-order valence-corrected chi connectivity index (χ3v) is 5.54. The van der Waals surface area contributed by atoms with Crippen LogP contribution in [-0.2, 0) is 9.59 Å². The first kappa shape index (κ1) is 19.3. The number of rotatable bonds is 1. The lowest BCUT2D eigenvalue weighted by Crippen LogP contribution is -2.56. The van der Waals surface area contributed by atoms with Gasteiger partial charge in [0.1, 0.15) is 12.0 Å². The van der Waals surface area contributed by atoms with E-state index in [1.54, 1.807) is 4.90 Å². The maximum Gasteiger partial charge on any atom is 0.408 e. The van der Waals surface area contributed by atoms with Crippen LogP contribution in [0.1, 0.15) is 32.1 Å². The number of amides is 2. The molecule has 0 aliphatic carbocycles. The maximum atomic E-state index is 12.7. The highest BCUT2D eigenvalue weighted by atomic mass is 35.5. The Labute approximate surface area is 145 Å². The number of halogens is 4. The Hall–Kier alpha value is -1.02. The Balaban J connectivity index is 0.00000208. The number of alkyl halides is 3. The number of nitrogens with zero attached hydrogens (tertiary/aromatic N) is 1. The SMILES string of the molecule is Cl.O=C1NC(C(F)(F)F)CCC1C(=O)N1CCC2(CCNC2)CC1. The molecule has 3 fully saturated rings. The number of hydrogen-bond acceptors (Lipinski definition) is 3. The van der Waals surface area contributed by atoms with Gasteiger partial charge in [0.05, 0.1) is 0 Å². The van der Waals surface area contributed by atoms with Crippen molar-refractivity contribution in [2.45, 2.75) is 44.3 Å². The molecule has 2 N–H and O–H groups in total. The maximum absolute atomic E-state index is 12.7. The number of carbonyl (C=O) groups is 2. The molecular formula is C15H23ClF3N3O2. The molecule has 0 aromatic heterocycles. The molecule has 5 nitrogen and oxygen atoms in total. The van der Waals surface area contributed by atoms with E-state index in [4.69, 9.17) is 0 Å². The van der Waals surface area contributed by atoms with Gasteiger partial charge in [-0.25, -0.2) is 0 Å². The fraction of sp³-hybridized carbons (Fsp3) is 0.867. The van der Waals surface area contributed by atoms with Crippen molar-refractivity contribution in [1.29, 1.82) is 0 Å². The Morgan fingerprint density at radius 2 is 1.83 bits per heavy atom. The van der Waals surface area contributed by atoms with Crippen molar-refractivity contribution in [2.75, 3.05) is 26.2 Å². The molecule has 138 valence electrons. The molecule has 3 saturated heterocycles. The monoisotopic (exact) mass is 369 g/mol. The normalized spacial score (nSPS) is 30.0. The summed E-state index contributed by atoms with van der Waals surface area (Å²) < 4.78 is 38.0. The molecule has 0 bridgehead atoms. The highest BCUT2D eigenvalue weighted by Crippen LogP contribution is 2.37. The van der Waals surface area contributed by atoms with Crippen LogP contribution in [-0.4, -0.2) is 55.1 Å². The molecule has 3 rings (SSSR count). The first-order chi connectivity index (χ1) is 10.8. The lowest BCUT2D eigenvalue weighted by molar-refractivity contribution is -0.172. The van der Waals surface area contributed by atoms with Crippen molar-refractivity contribution < 1.29 is 22.8 Å². The molecule has 2 atom stereocenters. The minimum Gasteiger partial charge on any atom is -0.344 e. The van der Waals surface area contributed by atoms with E-state index >= 15 is 0 Å². The van der Waals surface area contributed by atoms with Crippen LogP contribution in [0.3, 0.4) is 0 Å². The van der Waals surface area contributed by atoms with Crippen molar-refractivity contribution in [3.05, 3.63) is 0 Å². The average Bonchev–Trinajstić information content (AvgIpc) is 2.94. The van der Waals surface area contributed by atoms with Gasteiger partial charge in [0.2, 0.25) is 11.8 Å². The number of carbonyl (C=O) groups excluding carboxylic acids is 2. The van der Waals surface area contributed by atoms with Crippen LogP contribution in [0, 0.1) is 11.3 Å². The Morgan fingerprint density at radius 1 is 1.17 bits per heavy atom. The van der Waals surface area contributed by atoms with Gasteiger partial charge in [0.15, 0.2) is 0 Å². The first-order valence-electron chi connectivity index (χ1n) is 8.17. The Kier molecular flexibility index (Phi) is 5.69. The topological polar surface area (TPSA) is 61.4 Å². The summed E-state index contributed by atoms with van der Waals surface area (Å²) in [4.78, 5) is 26.1. The lowest BCUT2D eigenvalue weighted by atomic mass is 9.77. The molecule has 24 heavy (non-hydrogen) atoms. The summed E-state index contributed by atoms with van der Waals surface area (Å²) in [6, 6.07) is -1.83. The number of piperidine rings is 2. The molecule has 0 saturated carbocycles. The van der Waals surface area contributed by atoms with Crippen LogP contribution in [0.2, 0.25) is 0 Å². The van der Waals surface area contributed by atoms with Gasteiger partial charge in [-0.2, -0.15) is 13.2 Å². The number of hydrogen-bond donors (Lipinski definition) is 2. The van der Waals surface area contributed by atoms with Crippen molar-refractivity contribution in [2.24, 2.45) is 11.3 Å². The highest BCUT2D eigenvalue weighted by Gasteiger charge is 2.47. The zero-order chi connectivity index (χ0) is 16.7. The fourth-order valence-corrected chi connectivity index (χ4v) is 3.93. The first-order valence-corrected chi connectivity index (χ1v) is 8.17. The smallest absolute Gasteiger partial charge is 0.344 e. The van der Waals surface area contributed by atoms with E-state index in [0.717, 1.165) is 32.4 Å². The van der Waals surface area contributed by atoms with E-state index in [1.807, 2.05) is 5.32 Å². The number of likely N-dealkylation sites (tertiary alicyclic amines) is 1. The minimum atomic E-state index is -4.45. The largest absolute Gasteiger partial charge is 0.408 e. The second-order valence-corrected chi connectivity index (χ2v) is 6.98. The zero-order valence-electron chi connectivity index (χ0n) is 13.3. The Bertz CT molecular complexity index is 485. The molecule has 2 unspecified atom stereocenters. The molecular weight excluding hydrogens is 347 g/mol. The van der Waals surface area contributed by atoms with Crippen molar-refractivity contribution in [1.82, 2.24) is 15.5 Å². The van der Waals surface area contributed by atoms with Gasteiger partial charge >= 0.3 is 6.18 Å². The molecule has 0 aromatic carbocycles. The van der Waals surface area contributed by atoms with Crippen LogP contribution in [0.4, 0.5) is 13.2 Å². The summed E-state index contributed by atoms with van der Waals surface area (Å²) in [5.74, 6) is -2.07. The van der Waals surface area contributed by atoms with Gasteiger partial charge in [-0.3, -0.25) is 9.59 Å². The molecule has 3 aliphatic heterocycles. The van der Waals surface area contributed by atoms with Crippen LogP contribution in [0.15, 0.2) is 0 Å². The van der Waals surface area contributed by atoms with E-state index in [1.165, 1.54) is 0 Å². The van der Waals surface area contributed by atoms with E-state index in [2.05, 4.69) is 5.32 Å². The van der Waals surface area contributed by atoms with Crippen LogP contribution >= 0.6 is 12.4 Å². The second kappa shape index (κ2) is 7.07. The summed E-state index contributed by atoms with van der Waals surface area (Å²) in [7, 11) is 0. The van der Waals surface area contributed by atoms with E-state index < -0.39 is 24.0 Å². The van der Waals surface area contributed by atoms with Crippen LogP contribution < -0.4 is 10.6 Å². The standard InChI is InChI=1S/C15H22F3N3O2.ClH/c16-15(17,18)11-2-1-10(12(22)20-11)13(23)21-7-4-14(5-8-21)3-6-19-9-14;/h10-11,19H,1-9H2,(H,20,22);1H. The van der Waals surface area contributed by atoms with Gasteiger partial charge in [0.25, 0.3) is 0 Å². The highest BCUT2D eigenvalue weighted by molar-refractivity contribution is 6.00. The molecule has 3 heterocycles. The zero-order valence-corrected chi connectivity index (χ0v) is 14.1. The van der Waals surface area contributed by atoms with Gasteiger partial charge in [-0.05, 0) is 44.1 Å². The molecule has 0 aromatic rings. The summed E-state index contributed by atoms with van der Waals surface area (Å²) >= 11 is 0. The summed E-state index contributed by atoms with van der Waals surface area (Å²) in [6.07, 6.45) is -1.81. The van der Waals surface area contributed by atoms with E-state index in [-0.39, 0.29) is 36.6 Å². The average molecular weight is 370 g/mol. The van der Waals surface area contributed by atoms with Crippen molar-refractivity contribution in [3.8, 4) is 0 Å². The van der Waals surface area contributed by atoms with E-state index in [9.17, 15) is 22.8 Å². The summed E-state index contributed by atoms with van der Waals surface area (Å²) in [5, 5.41) is 5.30.